The normalized spacial score (nSPS) is 10.5. The predicted molar refractivity (Wildman–Crippen MR) is 107 cm³/mol. The molecule has 2 aromatic carbocycles. The Balaban J connectivity index is 1.60. The minimum absolute atomic E-state index is 0.312. The quantitative estimate of drug-likeness (QED) is 0.467. The van der Waals surface area contributed by atoms with Crippen LogP contribution in [0.25, 0.3) is 10.9 Å². The number of methoxy groups -OCH3 is 1. The number of ether oxygens (including phenoxy) is 2. The third-order valence-corrected chi connectivity index (χ3v) is 4.45. The maximum absolute atomic E-state index is 12.3. The summed E-state index contributed by atoms with van der Waals surface area (Å²) in [4.78, 5) is 30.3. The van der Waals surface area contributed by atoms with Crippen LogP contribution in [-0.4, -0.2) is 42.5 Å². The fourth-order valence-corrected chi connectivity index (χ4v) is 2.88. The summed E-state index contributed by atoms with van der Waals surface area (Å²) in [5.74, 6) is -0.187. The molecular formula is C21H19ClN2O4. The van der Waals surface area contributed by atoms with Gasteiger partial charge in [-0.05, 0) is 36.4 Å². The van der Waals surface area contributed by atoms with Crippen molar-refractivity contribution in [3.63, 3.8) is 0 Å². The van der Waals surface area contributed by atoms with E-state index in [-0.39, 0.29) is 12.5 Å². The Morgan fingerprint density at radius 2 is 1.89 bits per heavy atom. The van der Waals surface area contributed by atoms with Crippen molar-refractivity contribution in [1.29, 1.82) is 0 Å². The van der Waals surface area contributed by atoms with Crippen molar-refractivity contribution >= 4 is 34.4 Å². The first-order valence-electron chi connectivity index (χ1n) is 8.57. The molecule has 0 unspecified atom stereocenters. The number of carbonyl (C=O) groups is 2. The molecule has 0 aliphatic heterocycles. The zero-order valence-corrected chi connectivity index (χ0v) is 16.3. The topological polar surface area (TPSA) is 68.7 Å². The molecule has 3 aromatic rings. The second-order valence-electron chi connectivity index (χ2n) is 6.18. The zero-order chi connectivity index (χ0) is 20.1. The number of para-hydroxylation sites is 1. The molecule has 0 N–H and O–H groups in total. The largest absolute Gasteiger partial charge is 0.496 e. The number of likely N-dealkylation sites (N-methyl/N-ethyl adjacent to an activating group) is 1. The van der Waals surface area contributed by atoms with Gasteiger partial charge in [0.25, 0.3) is 5.91 Å². The lowest BCUT2D eigenvalue weighted by Gasteiger charge is -2.18. The van der Waals surface area contributed by atoms with Gasteiger partial charge in [0.05, 0.1) is 18.2 Å². The number of halogens is 1. The Kier molecular flexibility index (Phi) is 6.11. The van der Waals surface area contributed by atoms with Gasteiger partial charge in [0.15, 0.2) is 6.61 Å². The third kappa shape index (κ3) is 4.58. The summed E-state index contributed by atoms with van der Waals surface area (Å²) < 4.78 is 10.5. The average Bonchev–Trinajstić information content (AvgIpc) is 2.71. The van der Waals surface area contributed by atoms with Crippen molar-refractivity contribution < 1.29 is 19.1 Å². The fraction of sp³-hybridized carbons (Fsp3) is 0.190. The number of hydrogen-bond donors (Lipinski definition) is 0. The van der Waals surface area contributed by atoms with E-state index in [1.807, 2.05) is 24.3 Å². The molecule has 6 nitrogen and oxygen atoms in total. The summed E-state index contributed by atoms with van der Waals surface area (Å²) in [5, 5.41) is 1.14. The van der Waals surface area contributed by atoms with Crippen LogP contribution in [0, 0.1) is 0 Å². The van der Waals surface area contributed by atoms with Crippen molar-refractivity contribution in [3.05, 3.63) is 70.9 Å². The number of rotatable bonds is 6. The summed E-state index contributed by atoms with van der Waals surface area (Å²) in [5.41, 5.74) is 1.89. The van der Waals surface area contributed by atoms with Gasteiger partial charge in [0.1, 0.15) is 10.9 Å². The molecule has 1 aromatic heterocycles. The third-order valence-electron chi connectivity index (χ3n) is 4.24. The molecule has 0 fully saturated rings. The second-order valence-corrected chi connectivity index (χ2v) is 6.57. The highest BCUT2D eigenvalue weighted by Crippen LogP contribution is 2.19. The second kappa shape index (κ2) is 8.71. The van der Waals surface area contributed by atoms with E-state index in [0.717, 1.165) is 10.9 Å². The van der Waals surface area contributed by atoms with E-state index >= 15 is 0 Å². The van der Waals surface area contributed by atoms with Crippen LogP contribution in [0.5, 0.6) is 5.75 Å². The van der Waals surface area contributed by atoms with Gasteiger partial charge >= 0.3 is 5.97 Å². The van der Waals surface area contributed by atoms with Crippen molar-refractivity contribution in [1.82, 2.24) is 9.88 Å². The standard InChI is InChI=1S/C21H19ClN2O4/c1-24(12-16-5-3-4-6-18(16)27-2)20(25)13-28-21(26)15-7-9-17-14(11-15)8-10-19(22)23-17/h3-11H,12-13H2,1-2H3. The Morgan fingerprint density at radius 3 is 2.68 bits per heavy atom. The lowest BCUT2D eigenvalue weighted by molar-refractivity contribution is -0.133. The lowest BCUT2D eigenvalue weighted by atomic mass is 10.1. The molecule has 1 heterocycles. The molecule has 3 rings (SSSR count). The van der Waals surface area contributed by atoms with Crippen molar-refractivity contribution in [2.45, 2.75) is 6.54 Å². The molecule has 0 atom stereocenters. The van der Waals surface area contributed by atoms with E-state index in [4.69, 9.17) is 21.1 Å². The van der Waals surface area contributed by atoms with Crippen LogP contribution >= 0.6 is 11.6 Å². The summed E-state index contributed by atoms with van der Waals surface area (Å²) in [7, 11) is 3.23. The van der Waals surface area contributed by atoms with E-state index in [0.29, 0.717) is 28.5 Å². The summed E-state index contributed by atoms with van der Waals surface area (Å²) in [6, 6.07) is 15.8. The van der Waals surface area contributed by atoms with Gasteiger partial charge < -0.3 is 14.4 Å². The molecule has 144 valence electrons. The SMILES string of the molecule is COc1ccccc1CN(C)C(=O)COC(=O)c1ccc2nc(Cl)ccc2c1. The molecule has 0 aliphatic carbocycles. The van der Waals surface area contributed by atoms with Gasteiger partial charge in [-0.1, -0.05) is 29.8 Å². The molecule has 0 saturated carbocycles. The number of esters is 1. The van der Waals surface area contributed by atoms with Crippen LogP contribution in [0.15, 0.2) is 54.6 Å². The maximum Gasteiger partial charge on any atom is 0.338 e. The minimum atomic E-state index is -0.573. The molecule has 28 heavy (non-hydrogen) atoms. The molecule has 0 saturated heterocycles. The van der Waals surface area contributed by atoms with Gasteiger partial charge in [0.2, 0.25) is 0 Å². The highest BCUT2D eigenvalue weighted by Gasteiger charge is 2.15. The van der Waals surface area contributed by atoms with Crippen LogP contribution in [0.2, 0.25) is 5.15 Å². The Hall–Kier alpha value is -3.12. The fourth-order valence-electron chi connectivity index (χ4n) is 2.73. The monoisotopic (exact) mass is 398 g/mol. The number of fused-ring (bicyclic) bond motifs is 1. The van der Waals surface area contributed by atoms with Gasteiger partial charge in [-0.2, -0.15) is 0 Å². The van der Waals surface area contributed by atoms with Gasteiger partial charge in [0, 0.05) is 24.5 Å². The van der Waals surface area contributed by atoms with Crippen molar-refractivity contribution in [2.24, 2.45) is 0 Å². The number of amides is 1. The van der Waals surface area contributed by atoms with E-state index < -0.39 is 5.97 Å². The number of nitrogens with zero attached hydrogens (tertiary/aromatic N) is 2. The predicted octanol–water partition coefficient (Wildman–Crippen LogP) is 3.71. The Bertz CT molecular complexity index is 1020. The average molecular weight is 399 g/mol. The van der Waals surface area contributed by atoms with E-state index in [9.17, 15) is 9.59 Å². The summed E-state index contributed by atoms with van der Waals surface area (Å²) in [6.07, 6.45) is 0. The molecule has 0 radical (unpaired) electrons. The number of carbonyl (C=O) groups excluding carboxylic acids is 2. The van der Waals surface area contributed by atoms with Gasteiger partial charge in [-0.3, -0.25) is 4.79 Å². The minimum Gasteiger partial charge on any atom is -0.496 e. The number of pyridine rings is 1. The molecule has 0 aliphatic rings. The van der Waals surface area contributed by atoms with Crippen LogP contribution in [0.3, 0.4) is 0 Å². The van der Waals surface area contributed by atoms with Gasteiger partial charge in [-0.15, -0.1) is 0 Å². The van der Waals surface area contributed by atoms with E-state index in [1.165, 1.54) is 4.90 Å². The summed E-state index contributed by atoms with van der Waals surface area (Å²) in [6.45, 7) is 0.00415. The highest BCUT2D eigenvalue weighted by atomic mass is 35.5. The zero-order valence-electron chi connectivity index (χ0n) is 15.5. The van der Waals surface area contributed by atoms with Crippen molar-refractivity contribution in [3.8, 4) is 5.75 Å². The Morgan fingerprint density at radius 1 is 1.11 bits per heavy atom. The lowest BCUT2D eigenvalue weighted by Crippen LogP contribution is -2.31. The van der Waals surface area contributed by atoms with E-state index in [2.05, 4.69) is 4.98 Å². The number of benzene rings is 2. The first-order valence-corrected chi connectivity index (χ1v) is 8.95. The summed E-state index contributed by atoms with van der Waals surface area (Å²) >= 11 is 5.86. The van der Waals surface area contributed by atoms with Crippen LogP contribution < -0.4 is 4.74 Å². The van der Waals surface area contributed by atoms with Crippen LogP contribution in [0.4, 0.5) is 0 Å². The smallest absolute Gasteiger partial charge is 0.338 e. The van der Waals surface area contributed by atoms with Gasteiger partial charge in [-0.25, -0.2) is 9.78 Å². The molecule has 1 amide bonds. The highest BCUT2D eigenvalue weighted by molar-refractivity contribution is 6.29. The molecule has 0 bridgehead atoms. The van der Waals surface area contributed by atoms with Crippen LogP contribution in [0.1, 0.15) is 15.9 Å². The van der Waals surface area contributed by atoms with E-state index in [1.54, 1.807) is 44.5 Å². The number of hydrogen-bond acceptors (Lipinski definition) is 5. The number of aromatic nitrogens is 1. The first kappa shape index (κ1) is 19.6. The Labute approximate surface area is 167 Å². The molecule has 0 spiro atoms. The first-order chi connectivity index (χ1) is 13.5. The molecular weight excluding hydrogens is 380 g/mol. The van der Waals surface area contributed by atoms with Crippen molar-refractivity contribution in [2.75, 3.05) is 20.8 Å². The maximum atomic E-state index is 12.3. The van der Waals surface area contributed by atoms with Crippen LogP contribution in [-0.2, 0) is 16.1 Å². The molecule has 7 heteroatoms.